The van der Waals surface area contributed by atoms with Crippen molar-refractivity contribution in [3.63, 3.8) is 0 Å². The smallest absolute Gasteiger partial charge is 0.0610 e. The minimum absolute atomic E-state index is 0.141. The van der Waals surface area contributed by atoms with Crippen molar-refractivity contribution in [2.75, 3.05) is 19.8 Å². The van der Waals surface area contributed by atoms with Gasteiger partial charge in [0.05, 0.1) is 12.7 Å². The summed E-state index contributed by atoms with van der Waals surface area (Å²) in [5.74, 6) is 0.719. The van der Waals surface area contributed by atoms with Gasteiger partial charge >= 0.3 is 0 Å². The van der Waals surface area contributed by atoms with E-state index in [9.17, 15) is 5.11 Å². The van der Waals surface area contributed by atoms with Gasteiger partial charge in [0, 0.05) is 12.1 Å². The van der Waals surface area contributed by atoms with Crippen LogP contribution in [0.15, 0.2) is 0 Å². The third-order valence-electron chi connectivity index (χ3n) is 4.39. The maximum absolute atomic E-state index is 9.50. The van der Waals surface area contributed by atoms with Gasteiger partial charge < -0.3 is 15.2 Å². The molecule has 1 rings (SSSR count). The van der Waals surface area contributed by atoms with Crippen LogP contribution in [0, 0.1) is 5.92 Å². The summed E-state index contributed by atoms with van der Waals surface area (Å²) < 4.78 is 6.03. The predicted molar refractivity (Wildman–Crippen MR) is 80.4 cm³/mol. The van der Waals surface area contributed by atoms with E-state index in [2.05, 4.69) is 26.1 Å². The Morgan fingerprint density at radius 3 is 2.68 bits per heavy atom. The third-order valence-corrected chi connectivity index (χ3v) is 4.39. The number of aliphatic hydroxyl groups excluding tert-OH is 1. The molecule has 0 heterocycles. The van der Waals surface area contributed by atoms with Crippen LogP contribution in [0.2, 0.25) is 0 Å². The highest BCUT2D eigenvalue weighted by molar-refractivity contribution is 4.82. The van der Waals surface area contributed by atoms with Crippen LogP contribution in [0.4, 0.5) is 0 Å². The van der Waals surface area contributed by atoms with Crippen molar-refractivity contribution in [3.05, 3.63) is 0 Å². The monoisotopic (exact) mass is 271 g/mol. The molecule has 0 bridgehead atoms. The van der Waals surface area contributed by atoms with Crippen molar-refractivity contribution >= 4 is 0 Å². The van der Waals surface area contributed by atoms with Crippen LogP contribution >= 0.6 is 0 Å². The van der Waals surface area contributed by atoms with Crippen molar-refractivity contribution < 1.29 is 9.84 Å². The molecule has 19 heavy (non-hydrogen) atoms. The number of aliphatic hydroxyl groups is 1. The number of hydrogen-bond donors (Lipinski definition) is 2. The molecule has 0 saturated heterocycles. The summed E-state index contributed by atoms with van der Waals surface area (Å²) in [4.78, 5) is 0. The van der Waals surface area contributed by atoms with Gasteiger partial charge in [0.1, 0.15) is 0 Å². The van der Waals surface area contributed by atoms with Gasteiger partial charge in [0.25, 0.3) is 0 Å². The fourth-order valence-electron chi connectivity index (χ4n) is 2.88. The first kappa shape index (κ1) is 16.9. The van der Waals surface area contributed by atoms with Crippen molar-refractivity contribution in [2.24, 2.45) is 5.92 Å². The van der Waals surface area contributed by atoms with Gasteiger partial charge in [-0.15, -0.1) is 0 Å². The molecule has 1 saturated carbocycles. The van der Waals surface area contributed by atoms with Crippen molar-refractivity contribution in [3.8, 4) is 0 Å². The lowest BCUT2D eigenvalue weighted by Gasteiger charge is -2.31. The average molecular weight is 271 g/mol. The normalized spacial score (nSPS) is 27.2. The molecular weight excluding hydrogens is 238 g/mol. The first-order chi connectivity index (χ1) is 9.11. The fourth-order valence-corrected chi connectivity index (χ4v) is 2.88. The van der Waals surface area contributed by atoms with Gasteiger partial charge in [0.15, 0.2) is 0 Å². The van der Waals surface area contributed by atoms with Gasteiger partial charge in [-0.05, 0) is 51.5 Å². The fraction of sp³-hybridized carbons (Fsp3) is 1.00. The van der Waals surface area contributed by atoms with E-state index in [1.165, 1.54) is 25.7 Å². The second kappa shape index (κ2) is 8.93. The molecule has 0 aromatic carbocycles. The Bertz CT molecular complexity index is 235. The van der Waals surface area contributed by atoms with Gasteiger partial charge in [-0.1, -0.05) is 26.7 Å². The molecule has 0 radical (unpaired) electrons. The molecule has 114 valence electrons. The molecule has 2 N–H and O–H groups in total. The summed E-state index contributed by atoms with van der Waals surface area (Å²) in [5, 5.41) is 12.9. The van der Waals surface area contributed by atoms with Crippen LogP contribution in [0.1, 0.15) is 65.7 Å². The minimum atomic E-state index is -0.141. The first-order valence-corrected chi connectivity index (χ1v) is 8.09. The Labute approximate surface area is 119 Å². The Kier molecular flexibility index (Phi) is 7.96. The highest BCUT2D eigenvalue weighted by atomic mass is 16.5. The third kappa shape index (κ3) is 6.24. The largest absolute Gasteiger partial charge is 0.394 e. The Morgan fingerprint density at radius 2 is 2.05 bits per heavy atom. The van der Waals surface area contributed by atoms with E-state index in [0.29, 0.717) is 6.10 Å². The summed E-state index contributed by atoms with van der Waals surface area (Å²) in [7, 11) is 0. The van der Waals surface area contributed by atoms with Gasteiger partial charge in [-0.2, -0.15) is 0 Å². The van der Waals surface area contributed by atoms with Gasteiger partial charge in [-0.25, -0.2) is 0 Å². The Hall–Kier alpha value is -0.120. The van der Waals surface area contributed by atoms with Crippen molar-refractivity contribution in [2.45, 2.75) is 77.4 Å². The van der Waals surface area contributed by atoms with E-state index in [1.807, 2.05) is 0 Å². The standard InChI is InChI=1S/C16H33NO2/c1-4-11-17-16(3,13-18)10-7-12-19-15-9-6-5-8-14(15)2/h14-15,17-18H,4-13H2,1-3H3. The summed E-state index contributed by atoms with van der Waals surface area (Å²) >= 11 is 0. The zero-order chi connectivity index (χ0) is 14.1. The maximum Gasteiger partial charge on any atom is 0.0610 e. The van der Waals surface area contributed by atoms with Crippen molar-refractivity contribution in [1.82, 2.24) is 5.32 Å². The molecule has 0 spiro atoms. The molecule has 1 fully saturated rings. The predicted octanol–water partition coefficient (Wildman–Crippen LogP) is 3.11. The molecule has 3 atom stereocenters. The molecule has 0 aromatic rings. The Morgan fingerprint density at radius 1 is 1.32 bits per heavy atom. The molecule has 0 aromatic heterocycles. The lowest BCUT2D eigenvalue weighted by molar-refractivity contribution is -0.00937. The zero-order valence-corrected chi connectivity index (χ0v) is 13.1. The molecule has 0 amide bonds. The number of hydrogen-bond acceptors (Lipinski definition) is 3. The topological polar surface area (TPSA) is 41.5 Å². The van der Waals surface area contributed by atoms with E-state index < -0.39 is 0 Å². The quantitative estimate of drug-likeness (QED) is 0.633. The van der Waals surface area contributed by atoms with E-state index in [4.69, 9.17) is 4.74 Å². The Balaban J connectivity index is 2.17. The van der Waals surface area contributed by atoms with E-state index in [0.717, 1.165) is 38.3 Å². The van der Waals surface area contributed by atoms with Crippen LogP contribution < -0.4 is 5.32 Å². The highest BCUT2D eigenvalue weighted by Crippen LogP contribution is 2.26. The SMILES string of the molecule is CCCNC(C)(CO)CCCOC1CCCCC1C. The van der Waals surface area contributed by atoms with E-state index >= 15 is 0 Å². The van der Waals surface area contributed by atoms with Gasteiger partial charge in [-0.3, -0.25) is 0 Å². The highest BCUT2D eigenvalue weighted by Gasteiger charge is 2.24. The lowest BCUT2D eigenvalue weighted by atomic mass is 9.88. The number of nitrogens with one attached hydrogen (secondary N) is 1. The van der Waals surface area contributed by atoms with Crippen LogP contribution in [0.25, 0.3) is 0 Å². The molecular formula is C16H33NO2. The van der Waals surface area contributed by atoms with Gasteiger partial charge in [0.2, 0.25) is 0 Å². The lowest BCUT2D eigenvalue weighted by Crippen LogP contribution is -2.46. The van der Waals surface area contributed by atoms with Crippen LogP contribution in [0.5, 0.6) is 0 Å². The van der Waals surface area contributed by atoms with Crippen LogP contribution in [-0.4, -0.2) is 36.5 Å². The minimum Gasteiger partial charge on any atom is -0.394 e. The molecule has 1 aliphatic carbocycles. The summed E-state index contributed by atoms with van der Waals surface area (Å²) in [6.07, 6.45) is 8.81. The second-order valence-corrected chi connectivity index (χ2v) is 6.42. The molecule has 0 aliphatic heterocycles. The summed E-state index contributed by atoms with van der Waals surface area (Å²) in [5.41, 5.74) is -0.141. The van der Waals surface area contributed by atoms with Crippen LogP contribution in [-0.2, 0) is 4.74 Å². The zero-order valence-electron chi connectivity index (χ0n) is 13.1. The van der Waals surface area contributed by atoms with Crippen molar-refractivity contribution in [1.29, 1.82) is 0 Å². The molecule has 3 heteroatoms. The number of rotatable bonds is 9. The van der Waals surface area contributed by atoms with E-state index in [-0.39, 0.29) is 12.1 Å². The molecule has 1 aliphatic rings. The summed E-state index contributed by atoms with van der Waals surface area (Å²) in [6, 6.07) is 0. The second-order valence-electron chi connectivity index (χ2n) is 6.42. The summed E-state index contributed by atoms with van der Waals surface area (Å²) in [6.45, 7) is 8.57. The first-order valence-electron chi connectivity index (χ1n) is 8.09. The van der Waals surface area contributed by atoms with E-state index in [1.54, 1.807) is 0 Å². The van der Waals surface area contributed by atoms with Crippen LogP contribution in [0.3, 0.4) is 0 Å². The molecule has 3 nitrogen and oxygen atoms in total. The number of ether oxygens (including phenoxy) is 1. The molecule has 3 unspecified atom stereocenters. The maximum atomic E-state index is 9.50. The average Bonchev–Trinajstić information content (AvgIpc) is 2.43.